The van der Waals surface area contributed by atoms with Gasteiger partial charge in [-0.1, -0.05) is 0 Å². The molecule has 0 bridgehead atoms. The van der Waals surface area contributed by atoms with E-state index in [9.17, 15) is 13.4 Å². The Bertz CT molecular complexity index is 406. The van der Waals surface area contributed by atoms with Gasteiger partial charge in [0.15, 0.2) is 29.3 Å². The van der Waals surface area contributed by atoms with Gasteiger partial charge in [0.05, 0.1) is 4.90 Å². The molecule has 0 aliphatic rings. The van der Waals surface area contributed by atoms with Crippen LogP contribution in [0.2, 0.25) is 0 Å². The third kappa shape index (κ3) is 3.30. The summed E-state index contributed by atoms with van der Waals surface area (Å²) in [5.41, 5.74) is 0. The van der Waals surface area contributed by atoms with E-state index >= 15 is 0 Å². The summed E-state index contributed by atoms with van der Waals surface area (Å²) in [4.78, 5) is 10.0. The van der Waals surface area contributed by atoms with Crippen LogP contribution in [0.5, 0.6) is 5.75 Å². The molecule has 0 fully saturated rings. The predicted molar refractivity (Wildman–Crippen MR) is 48.6 cm³/mol. The van der Waals surface area contributed by atoms with Crippen LogP contribution >= 0.6 is 0 Å². The highest BCUT2D eigenvalue weighted by atomic mass is 32.2. The average Bonchev–Trinajstić information content (AvgIpc) is 2.15. The Morgan fingerprint density at radius 1 is 1.53 bits per heavy atom. The molecule has 0 aliphatic carbocycles. The van der Waals surface area contributed by atoms with E-state index < -0.39 is 29.5 Å². The maximum Gasteiger partial charge on any atom is 0.341 e. The number of carbonyl (C=O) groups is 1. The van der Waals surface area contributed by atoms with Gasteiger partial charge in [-0.2, -0.15) is 0 Å². The summed E-state index contributed by atoms with van der Waals surface area (Å²) in [5.74, 6) is -2.38. The molecule has 1 unspecified atom stereocenters. The summed E-state index contributed by atoms with van der Waals surface area (Å²) in [6.07, 6.45) is 0. The van der Waals surface area contributed by atoms with Crippen molar-refractivity contribution < 1.29 is 27.8 Å². The van der Waals surface area contributed by atoms with E-state index in [1.54, 1.807) is 0 Å². The lowest BCUT2D eigenvalue weighted by atomic mass is 10.3. The van der Waals surface area contributed by atoms with E-state index in [-0.39, 0.29) is 10.6 Å². The van der Waals surface area contributed by atoms with Gasteiger partial charge in [0, 0.05) is 0 Å². The molecule has 15 heavy (non-hydrogen) atoms. The van der Waals surface area contributed by atoms with Gasteiger partial charge >= 0.3 is 5.97 Å². The van der Waals surface area contributed by atoms with Crippen LogP contribution in [0.25, 0.3) is 0 Å². The number of ether oxygens (including phenoxy) is 1. The third-order valence-corrected chi connectivity index (χ3v) is 2.11. The topological polar surface area (TPSA) is 83.8 Å². The average molecular weight is 234 g/mol. The number of benzene rings is 1. The normalized spacial score (nSPS) is 12.1. The van der Waals surface area contributed by atoms with Crippen molar-refractivity contribution in [3.63, 3.8) is 0 Å². The second kappa shape index (κ2) is 4.85. The minimum absolute atomic E-state index is 0.116. The van der Waals surface area contributed by atoms with Crippen LogP contribution in [0.15, 0.2) is 23.1 Å². The van der Waals surface area contributed by atoms with Crippen molar-refractivity contribution in [1.82, 2.24) is 0 Å². The molecule has 7 heteroatoms. The number of rotatable bonds is 4. The van der Waals surface area contributed by atoms with Crippen molar-refractivity contribution in [3.05, 3.63) is 24.0 Å². The molecule has 0 amide bonds. The minimum Gasteiger partial charge on any atom is -0.479 e. The summed E-state index contributed by atoms with van der Waals surface area (Å²) < 4.78 is 36.8. The lowest BCUT2D eigenvalue weighted by Crippen LogP contribution is -2.10. The summed E-state index contributed by atoms with van der Waals surface area (Å²) in [5, 5.41) is 8.27. The molecule has 1 aromatic carbocycles. The molecule has 1 rings (SSSR count). The zero-order valence-corrected chi connectivity index (χ0v) is 8.16. The van der Waals surface area contributed by atoms with Gasteiger partial charge in [0.2, 0.25) is 0 Å². The first kappa shape index (κ1) is 11.6. The van der Waals surface area contributed by atoms with E-state index in [2.05, 4.69) is 4.74 Å². The highest BCUT2D eigenvalue weighted by Gasteiger charge is 2.09. The van der Waals surface area contributed by atoms with Crippen molar-refractivity contribution in [3.8, 4) is 5.75 Å². The Morgan fingerprint density at radius 3 is 2.67 bits per heavy atom. The number of halogens is 1. The lowest BCUT2D eigenvalue weighted by molar-refractivity contribution is -0.139. The zero-order valence-electron chi connectivity index (χ0n) is 7.34. The van der Waals surface area contributed by atoms with Crippen LogP contribution in [0.1, 0.15) is 0 Å². The van der Waals surface area contributed by atoms with Crippen LogP contribution in [0.3, 0.4) is 0 Å². The van der Waals surface area contributed by atoms with Crippen LogP contribution in [-0.4, -0.2) is 26.4 Å². The fourth-order valence-corrected chi connectivity index (χ4v) is 1.24. The third-order valence-electron chi connectivity index (χ3n) is 1.46. The monoisotopic (exact) mass is 234 g/mol. The highest BCUT2D eigenvalue weighted by molar-refractivity contribution is 7.79. The van der Waals surface area contributed by atoms with Crippen LogP contribution < -0.4 is 4.74 Å². The van der Waals surface area contributed by atoms with Gasteiger partial charge in [-0.15, -0.1) is 0 Å². The molecular weight excluding hydrogens is 227 g/mol. The number of aliphatic carboxylic acids is 1. The van der Waals surface area contributed by atoms with E-state index in [1.807, 2.05) is 0 Å². The van der Waals surface area contributed by atoms with E-state index in [1.165, 1.54) is 6.07 Å². The van der Waals surface area contributed by atoms with Crippen molar-refractivity contribution in [2.75, 3.05) is 6.61 Å². The molecule has 0 saturated carbocycles. The molecule has 5 nitrogen and oxygen atoms in total. The second-order valence-corrected chi connectivity index (χ2v) is 3.49. The molecule has 2 N–H and O–H groups in total. The first-order valence-corrected chi connectivity index (χ1v) is 4.86. The SMILES string of the molecule is O=C(O)COc1ccc(S(=O)O)cc1F. The van der Waals surface area contributed by atoms with Crippen molar-refractivity contribution in [2.45, 2.75) is 4.90 Å². The molecule has 0 aromatic heterocycles. The lowest BCUT2D eigenvalue weighted by Gasteiger charge is -2.04. The molecule has 0 heterocycles. The van der Waals surface area contributed by atoms with E-state index in [4.69, 9.17) is 9.66 Å². The number of hydrogen-bond donors (Lipinski definition) is 2. The minimum atomic E-state index is -2.27. The first-order chi connectivity index (χ1) is 7.00. The Hall–Kier alpha value is -1.47. The Morgan fingerprint density at radius 2 is 2.20 bits per heavy atom. The Labute approximate surface area is 86.8 Å². The van der Waals surface area contributed by atoms with Gasteiger partial charge in [-0.3, -0.25) is 0 Å². The molecule has 0 saturated heterocycles. The number of hydrogen-bond acceptors (Lipinski definition) is 3. The fraction of sp³-hybridized carbons (Fsp3) is 0.125. The Kier molecular flexibility index (Phi) is 3.75. The van der Waals surface area contributed by atoms with E-state index in [0.29, 0.717) is 0 Å². The molecule has 1 atom stereocenters. The van der Waals surface area contributed by atoms with Gasteiger partial charge in [-0.25, -0.2) is 13.4 Å². The van der Waals surface area contributed by atoms with E-state index in [0.717, 1.165) is 12.1 Å². The van der Waals surface area contributed by atoms with Crippen LogP contribution in [-0.2, 0) is 15.9 Å². The summed E-state index contributed by atoms with van der Waals surface area (Å²) in [7, 11) is 0. The molecular formula is C8H7FO5S. The standard InChI is InChI=1S/C8H7FO5S/c9-6-3-5(15(12)13)1-2-7(6)14-4-8(10)11/h1-3H,4H2,(H,10,11)(H,12,13). The van der Waals surface area contributed by atoms with Crippen molar-refractivity contribution in [2.24, 2.45) is 0 Å². The zero-order chi connectivity index (χ0) is 11.4. The van der Waals surface area contributed by atoms with Gasteiger partial charge in [0.1, 0.15) is 0 Å². The van der Waals surface area contributed by atoms with Gasteiger partial charge in [0.25, 0.3) is 0 Å². The molecule has 82 valence electrons. The summed E-state index contributed by atoms with van der Waals surface area (Å²) >= 11 is -2.27. The predicted octanol–water partition coefficient (Wildman–Crippen LogP) is 0.870. The number of carboxylic acids is 1. The number of carboxylic acid groups (broad SMARTS) is 1. The van der Waals surface area contributed by atoms with Crippen molar-refractivity contribution in [1.29, 1.82) is 0 Å². The molecule has 0 aliphatic heterocycles. The first-order valence-electron chi connectivity index (χ1n) is 3.75. The van der Waals surface area contributed by atoms with Crippen molar-refractivity contribution >= 4 is 17.0 Å². The maximum atomic E-state index is 13.1. The summed E-state index contributed by atoms with van der Waals surface area (Å²) in [6.45, 7) is -0.668. The van der Waals surface area contributed by atoms with Crippen LogP contribution in [0.4, 0.5) is 4.39 Å². The largest absolute Gasteiger partial charge is 0.479 e. The maximum absolute atomic E-state index is 13.1. The quantitative estimate of drug-likeness (QED) is 0.755. The van der Waals surface area contributed by atoms with Crippen LogP contribution in [0, 0.1) is 5.82 Å². The fourth-order valence-electron chi connectivity index (χ4n) is 0.847. The smallest absolute Gasteiger partial charge is 0.341 e. The summed E-state index contributed by atoms with van der Waals surface area (Å²) in [6, 6.07) is 3.09. The van der Waals surface area contributed by atoms with Gasteiger partial charge in [-0.05, 0) is 18.2 Å². The van der Waals surface area contributed by atoms with Gasteiger partial charge < -0.3 is 14.4 Å². The molecule has 0 spiro atoms. The molecule has 0 radical (unpaired) electrons. The molecule has 1 aromatic rings. The second-order valence-electron chi connectivity index (χ2n) is 2.52. The highest BCUT2D eigenvalue weighted by Crippen LogP contribution is 2.19. The Balaban J connectivity index is 2.83.